The lowest BCUT2D eigenvalue weighted by Gasteiger charge is -2.28. The van der Waals surface area contributed by atoms with Gasteiger partial charge in [-0.1, -0.05) is 30.9 Å². The molecule has 1 atom stereocenters. The van der Waals surface area contributed by atoms with Gasteiger partial charge in [0.05, 0.1) is 12.7 Å². The Morgan fingerprint density at radius 1 is 1.19 bits per heavy atom. The highest BCUT2D eigenvalue weighted by atomic mass is 16.5. The van der Waals surface area contributed by atoms with Gasteiger partial charge in [0.25, 0.3) is 0 Å². The van der Waals surface area contributed by atoms with Gasteiger partial charge in [-0.05, 0) is 90.6 Å². The van der Waals surface area contributed by atoms with E-state index in [1.807, 2.05) is 6.08 Å². The molecule has 3 aromatic rings. The zero-order valence-corrected chi connectivity index (χ0v) is 18.9. The molecule has 0 N–H and O–H groups in total. The van der Waals surface area contributed by atoms with Crippen LogP contribution in [0.15, 0.2) is 67.5 Å². The van der Waals surface area contributed by atoms with E-state index >= 15 is 0 Å². The molecule has 1 aromatic heterocycles. The smallest absolute Gasteiger partial charge is 0.338 e. The minimum Gasteiger partial charge on any atom is -0.465 e. The molecule has 0 radical (unpaired) electrons. The quantitative estimate of drug-likeness (QED) is 0.414. The van der Waals surface area contributed by atoms with Crippen LogP contribution in [-0.2, 0) is 17.6 Å². The van der Waals surface area contributed by atoms with Crippen molar-refractivity contribution in [2.24, 2.45) is 0 Å². The molecule has 0 spiro atoms. The van der Waals surface area contributed by atoms with E-state index in [0.717, 1.165) is 36.1 Å². The van der Waals surface area contributed by atoms with Crippen LogP contribution in [0.5, 0.6) is 0 Å². The van der Waals surface area contributed by atoms with Crippen LogP contribution in [0.1, 0.15) is 57.8 Å². The Balaban J connectivity index is 1.51. The summed E-state index contributed by atoms with van der Waals surface area (Å²) in [6, 6.07) is 17.1. The summed E-state index contributed by atoms with van der Waals surface area (Å²) in [5.41, 5.74) is 7.96. The Morgan fingerprint density at radius 3 is 2.72 bits per heavy atom. The summed E-state index contributed by atoms with van der Waals surface area (Å²) in [6.45, 7) is 3.83. The fourth-order valence-corrected chi connectivity index (χ4v) is 4.66. The molecule has 0 aliphatic heterocycles. The molecule has 1 aliphatic carbocycles. The minimum absolute atomic E-state index is 0.291. The van der Waals surface area contributed by atoms with Crippen molar-refractivity contribution in [3.8, 4) is 0 Å². The lowest BCUT2D eigenvalue weighted by molar-refractivity contribution is 0.0599. The van der Waals surface area contributed by atoms with Crippen LogP contribution in [-0.4, -0.2) is 25.1 Å². The van der Waals surface area contributed by atoms with E-state index in [1.165, 1.54) is 36.8 Å². The number of benzene rings is 2. The first-order valence-electron chi connectivity index (χ1n) is 11.2. The van der Waals surface area contributed by atoms with Crippen LogP contribution in [0.3, 0.4) is 0 Å². The topological polar surface area (TPSA) is 42.4 Å². The molecule has 0 fully saturated rings. The van der Waals surface area contributed by atoms with Crippen LogP contribution in [0.2, 0.25) is 0 Å². The summed E-state index contributed by atoms with van der Waals surface area (Å²) >= 11 is 0. The highest BCUT2D eigenvalue weighted by Gasteiger charge is 2.22. The maximum absolute atomic E-state index is 12.1. The molecule has 4 nitrogen and oxygen atoms in total. The highest BCUT2D eigenvalue weighted by molar-refractivity contribution is 5.90. The molecule has 1 aliphatic rings. The van der Waals surface area contributed by atoms with Crippen molar-refractivity contribution in [3.63, 3.8) is 0 Å². The molecule has 4 rings (SSSR count). The van der Waals surface area contributed by atoms with E-state index in [0.29, 0.717) is 11.5 Å². The molecule has 1 heterocycles. The fraction of sp³-hybridized carbons (Fsp3) is 0.286. The van der Waals surface area contributed by atoms with E-state index in [4.69, 9.17) is 4.74 Å². The average molecular weight is 427 g/mol. The van der Waals surface area contributed by atoms with E-state index in [2.05, 4.69) is 66.0 Å². The number of aromatic nitrogens is 1. The monoisotopic (exact) mass is 426 g/mol. The number of ether oxygens (including phenoxy) is 1. The summed E-state index contributed by atoms with van der Waals surface area (Å²) < 4.78 is 4.93. The first-order valence-corrected chi connectivity index (χ1v) is 11.2. The Labute approximate surface area is 190 Å². The zero-order valence-electron chi connectivity index (χ0n) is 18.9. The summed E-state index contributed by atoms with van der Waals surface area (Å²) in [5.74, 6) is 0.205. The summed E-state index contributed by atoms with van der Waals surface area (Å²) in [5, 5.41) is 0. The van der Waals surface area contributed by atoms with Gasteiger partial charge in [0, 0.05) is 30.8 Å². The number of nitrogens with zero attached hydrogens (tertiary/aromatic N) is 2. The number of aryl methyl sites for hydroxylation is 2. The highest BCUT2D eigenvalue weighted by Crippen LogP contribution is 2.37. The summed E-state index contributed by atoms with van der Waals surface area (Å²) in [6.07, 6.45) is 10.6. The van der Waals surface area contributed by atoms with Crippen molar-refractivity contribution in [1.29, 1.82) is 0 Å². The third-order valence-corrected chi connectivity index (χ3v) is 6.54. The van der Waals surface area contributed by atoms with Crippen molar-refractivity contribution < 1.29 is 9.53 Å². The van der Waals surface area contributed by atoms with Crippen molar-refractivity contribution >= 4 is 23.4 Å². The predicted octanol–water partition coefficient (Wildman–Crippen LogP) is 6.33. The molecule has 4 heteroatoms. The number of carbonyl (C=O) groups is 1. The van der Waals surface area contributed by atoms with Gasteiger partial charge >= 0.3 is 5.97 Å². The standard InChI is InChI=1S/C28H30N2O2/c1-4-20-8-12-24(13-9-20)30(2)25-14-15-26-21(6-5-7-22(26)18-25)10-11-23-19-29-17-16-27(23)28(31)32-3/h4,8-9,12-19,21H,1,5-7,10-11H2,2-3H3/t21-/m0/s1. The fourth-order valence-electron chi connectivity index (χ4n) is 4.66. The predicted molar refractivity (Wildman–Crippen MR) is 131 cm³/mol. The SMILES string of the molecule is C=Cc1ccc(N(C)c2ccc3c(c2)CCC[C@H]3CCc2cnccc2C(=O)OC)cc1. The normalized spacial score (nSPS) is 15.0. The van der Waals surface area contributed by atoms with Crippen molar-refractivity contribution in [2.75, 3.05) is 19.1 Å². The third-order valence-electron chi connectivity index (χ3n) is 6.54. The number of hydrogen-bond acceptors (Lipinski definition) is 4. The Bertz CT molecular complexity index is 1100. The van der Waals surface area contributed by atoms with Crippen molar-refractivity contribution in [1.82, 2.24) is 4.98 Å². The number of pyridine rings is 1. The second kappa shape index (κ2) is 9.82. The summed E-state index contributed by atoms with van der Waals surface area (Å²) in [4.78, 5) is 18.5. The largest absolute Gasteiger partial charge is 0.465 e. The van der Waals surface area contributed by atoms with E-state index in [-0.39, 0.29) is 5.97 Å². The second-order valence-electron chi connectivity index (χ2n) is 8.39. The molecule has 0 unspecified atom stereocenters. The number of anilines is 2. The number of esters is 1. The van der Waals surface area contributed by atoms with Crippen LogP contribution in [0, 0.1) is 0 Å². The Kier molecular flexibility index (Phi) is 6.69. The maximum Gasteiger partial charge on any atom is 0.338 e. The molecule has 0 saturated heterocycles. The first-order chi connectivity index (χ1) is 15.6. The molecular formula is C28H30N2O2. The molecule has 164 valence electrons. The Hall–Kier alpha value is -3.40. The minimum atomic E-state index is -0.291. The average Bonchev–Trinajstić information content (AvgIpc) is 2.86. The van der Waals surface area contributed by atoms with Crippen molar-refractivity contribution in [3.05, 3.63) is 95.3 Å². The second-order valence-corrected chi connectivity index (χ2v) is 8.39. The van der Waals surface area contributed by atoms with Gasteiger partial charge in [-0.3, -0.25) is 4.98 Å². The lowest BCUT2D eigenvalue weighted by atomic mass is 9.79. The third kappa shape index (κ3) is 4.59. The van der Waals surface area contributed by atoms with Gasteiger partial charge in [-0.15, -0.1) is 0 Å². The first kappa shape index (κ1) is 21.8. The number of carbonyl (C=O) groups excluding carboxylic acids is 1. The molecule has 0 bridgehead atoms. The number of methoxy groups -OCH3 is 1. The number of fused-ring (bicyclic) bond motifs is 1. The van der Waals surface area contributed by atoms with Gasteiger partial charge in [-0.2, -0.15) is 0 Å². The maximum atomic E-state index is 12.1. The summed E-state index contributed by atoms with van der Waals surface area (Å²) in [7, 11) is 3.54. The van der Waals surface area contributed by atoms with Crippen LogP contribution >= 0.6 is 0 Å². The number of rotatable bonds is 7. The van der Waals surface area contributed by atoms with Gasteiger partial charge in [0.15, 0.2) is 0 Å². The molecule has 2 aromatic carbocycles. The van der Waals surface area contributed by atoms with E-state index in [1.54, 1.807) is 18.5 Å². The molecule has 32 heavy (non-hydrogen) atoms. The van der Waals surface area contributed by atoms with E-state index < -0.39 is 0 Å². The van der Waals surface area contributed by atoms with Crippen LogP contribution in [0.4, 0.5) is 11.4 Å². The number of hydrogen-bond donors (Lipinski definition) is 0. The van der Waals surface area contributed by atoms with Gasteiger partial charge in [-0.25, -0.2) is 4.79 Å². The van der Waals surface area contributed by atoms with Gasteiger partial charge < -0.3 is 9.64 Å². The molecule has 0 saturated carbocycles. The molecular weight excluding hydrogens is 396 g/mol. The van der Waals surface area contributed by atoms with Gasteiger partial charge in [0.2, 0.25) is 0 Å². The lowest BCUT2D eigenvalue weighted by Crippen LogP contribution is -2.14. The van der Waals surface area contributed by atoms with Gasteiger partial charge in [0.1, 0.15) is 0 Å². The molecule has 0 amide bonds. The zero-order chi connectivity index (χ0) is 22.5. The van der Waals surface area contributed by atoms with Crippen LogP contribution in [0.25, 0.3) is 6.08 Å². The van der Waals surface area contributed by atoms with Crippen LogP contribution < -0.4 is 4.90 Å². The van der Waals surface area contributed by atoms with E-state index in [9.17, 15) is 4.79 Å². The Morgan fingerprint density at radius 2 is 1.97 bits per heavy atom. The van der Waals surface area contributed by atoms with Crippen molar-refractivity contribution in [2.45, 2.75) is 38.0 Å².